The van der Waals surface area contributed by atoms with E-state index in [4.69, 9.17) is 17.3 Å². The minimum atomic E-state index is -0.0442. The fraction of sp³-hybridized carbons (Fsp3) is 0.727. The summed E-state index contributed by atoms with van der Waals surface area (Å²) in [6.45, 7) is 2.00. The van der Waals surface area contributed by atoms with Gasteiger partial charge in [0, 0.05) is 18.2 Å². The Bertz CT molecular complexity index is 364. The van der Waals surface area contributed by atoms with Gasteiger partial charge in [-0.1, -0.05) is 24.4 Å². The average Bonchev–Trinajstić information content (AvgIpc) is 2.68. The van der Waals surface area contributed by atoms with Gasteiger partial charge in [0.15, 0.2) is 0 Å². The lowest BCUT2D eigenvalue weighted by molar-refractivity contribution is 0.435. The molecule has 0 bridgehead atoms. The van der Waals surface area contributed by atoms with Gasteiger partial charge >= 0.3 is 0 Å². The number of halogens is 1. The maximum absolute atomic E-state index is 6.34. The van der Waals surface area contributed by atoms with Gasteiger partial charge in [0.05, 0.1) is 5.69 Å². The Morgan fingerprint density at radius 3 is 2.53 bits per heavy atom. The van der Waals surface area contributed by atoms with E-state index in [2.05, 4.69) is 5.10 Å². The molecule has 0 saturated heterocycles. The zero-order chi connectivity index (χ0) is 11.1. The van der Waals surface area contributed by atoms with E-state index in [1.54, 1.807) is 4.68 Å². The standard InChI is InChI=1S/C11H18ClN3/c1-8-9(10(12)15(2)14-8)7-11(13)5-3-4-6-11/h3-7,13H2,1-2H3. The Morgan fingerprint density at radius 2 is 2.07 bits per heavy atom. The Labute approximate surface area is 95.6 Å². The second kappa shape index (κ2) is 3.80. The molecular formula is C11H18ClN3. The van der Waals surface area contributed by atoms with Crippen LogP contribution in [0.1, 0.15) is 36.9 Å². The summed E-state index contributed by atoms with van der Waals surface area (Å²) >= 11 is 6.20. The zero-order valence-electron chi connectivity index (χ0n) is 9.39. The fourth-order valence-corrected chi connectivity index (χ4v) is 2.72. The van der Waals surface area contributed by atoms with E-state index in [9.17, 15) is 0 Å². The van der Waals surface area contributed by atoms with E-state index in [-0.39, 0.29) is 5.54 Å². The number of aryl methyl sites for hydroxylation is 2. The lowest BCUT2D eigenvalue weighted by Crippen LogP contribution is -2.38. The van der Waals surface area contributed by atoms with Crippen LogP contribution in [0.5, 0.6) is 0 Å². The van der Waals surface area contributed by atoms with Gasteiger partial charge in [-0.2, -0.15) is 5.10 Å². The molecule has 2 N–H and O–H groups in total. The van der Waals surface area contributed by atoms with Crippen molar-refractivity contribution in [3.05, 3.63) is 16.4 Å². The molecule has 0 radical (unpaired) electrons. The molecule has 1 aromatic heterocycles. The highest BCUT2D eigenvalue weighted by atomic mass is 35.5. The second-order valence-corrected chi connectivity index (χ2v) is 5.08. The van der Waals surface area contributed by atoms with Crippen LogP contribution in [0.2, 0.25) is 5.15 Å². The number of hydrogen-bond donors (Lipinski definition) is 1. The van der Waals surface area contributed by atoms with Gasteiger partial charge in [0.2, 0.25) is 0 Å². The van der Waals surface area contributed by atoms with Gasteiger partial charge in [0.1, 0.15) is 5.15 Å². The Balaban J connectivity index is 2.23. The molecule has 84 valence electrons. The predicted molar refractivity (Wildman–Crippen MR) is 62.0 cm³/mol. The van der Waals surface area contributed by atoms with E-state index in [0.29, 0.717) is 0 Å². The molecule has 1 saturated carbocycles. The van der Waals surface area contributed by atoms with Gasteiger partial charge in [-0.25, -0.2) is 0 Å². The molecule has 1 aliphatic carbocycles. The average molecular weight is 228 g/mol. The van der Waals surface area contributed by atoms with Crippen molar-refractivity contribution in [1.82, 2.24) is 9.78 Å². The minimum Gasteiger partial charge on any atom is -0.325 e. The van der Waals surface area contributed by atoms with Crippen molar-refractivity contribution in [2.75, 3.05) is 0 Å². The number of nitrogens with two attached hydrogens (primary N) is 1. The molecule has 1 aromatic rings. The number of hydrogen-bond acceptors (Lipinski definition) is 2. The summed E-state index contributed by atoms with van der Waals surface area (Å²) in [6.07, 6.45) is 5.57. The first kappa shape index (κ1) is 11.0. The summed E-state index contributed by atoms with van der Waals surface area (Å²) in [6, 6.07) is 0. The number of rotatable bonds is 2. The quantitative estimate of drug-likeness (QED) is 0.842. The third-order valence-corrected chi connectivity index (χ3v) is 3.87. The van der Waals surface area contributed by atoms with E-state index in [0.717, 1.165) is 35.7 Å². The molecule has 1 heterocycles. The first-order chi connectivity index (χ1) is 7.02. The van der Waals surface area contributed by atoms with Crippen molar-refractivity contribution in [2.24, 2.45) is 12.8 Å². The topological polar surface area (TPSA) is 43.8 Å². The molecule has 0 amide bonds. The third-order valence-electron chi connectivity index (χ3n) is 3.40. The van der Waals surface area contributed by atoms with Crippen LogP contribution in [-0.4, -0.2) is 15.3 Å². The molecule has 0 aromatic carbocycles. The van der Waals surface area contributed by atoms with E-state index >= 15 is 0 Å². The second-order valence-electron chi connectivity index (χ2n) is 4.72. The molecule has 2 rings (SSSR count). The molecule has 0 aliphatic heterocycles. The molecule has 4 heteroatoms. The Hall–Kier alpha value is -0.540. The maximum atomic E-state index is 6.34. The molecule has 15 heavy (non-hydrogen) atoms. The zero-order valence-corrected chi connectivity index (χ0v) is 10.1. The first-order valence-electron chi connectivity index (χ1n) is 5.49. The molecule has 0 atom stereocenters. The highest BCUT2D eigenvalue weighted by molar-refractivity contribution is 6.30. The summed E-state index contributed by atoms with van der Waals surface area (Å²) in [5.74, 6) is 0. The molecule has 3 nitrogen and oxygen atoms in total. The van der Waals surface area contributed by atoms with Crippen molar-refractivity contribution in [3.63, 3.8) is 0 Å². The molecule has 0 spiro atoms. The van der Waals surface area contributed by atoms with Gasteiger partial charge in [-0.15, -0.1) is 0 Å². The van der Waals surface area contributed by atoms with Crippen molar-refractivity contribution in [2.45, 2.75) is 44.6 Å². The highest BCUT2D eigenvalue weighted by Gasteiger charge is 2.31. The van der Waals surface area contributed by atoms with Crippen LogP contribution in [0.15, 0.2) is 0 Å². The van der Waals surface area contributed by atoms with Crippen molar-refractivity contribution in [3.8, 4) is 0 Å². The smallest absolute Gasteiger partial charge is 0.130 e. The van der Waals surface area contributed by atoms with Gasteiger partial charge in [0.25, 0.3) is 0 Å². The van der Waals surface area contributed by atoms with Crippen LogP contribution in [0, 0.1) is 6.92 Å². The maximum Gasteiger partial charge on any atom is 0.130 e. The van der Waals surface area contributed by atoms with Crippen LogP contribution in [0.25, 0.3) is 0 Å². The van der Waals surface area contributed by atoms with Crippen LogP contribution in [0.4, 0.5) is 0 Å². The Kier molecular flexibility index (Phi) is 2.77. The van der Waals surface area contributed by atoms with Gasteiger partial charge < -0.3 is 5.73 Å². The largest absolute Gasteiger partial charge is 0.325 e. The SMILES string of the molecule is Cc1nn(C)c(Cl)c1CC1(N)CCCC1. The lowest BCUT2D eigenvalue weighted by atomic mass is 9.91. The van der Waals surface area contributed by atoms with E-state index in [1.807, 2.05) is 14.0 Å². The van der Waals surface area contributed by atoms with Crippen LogP contribution >= 0.6 is 11.6 Å². The summed E-state index contributed by atoms with van der Waals surface area (Å²) in [5, 5.41) is 5.05. The van der Waals surface area contributed by atoms with E-state index in [1.165, 1.54) is 12.8 Å². The number of nitrogens with zero attached hydrogens (tertiary/aromatic N) is 2. The van der Waals surface area contributed by atoms with Crippen LogP contribution < -0.4 is 5.73 Å². The molecular weight excluding hydrogens is 210 g/mol. The monoisotopic (exact) mass is 227 g/mol. The van der Waals surface area contributed by atoms with Gasteiger partial charge in [-0.3, -0.25) is 4.68 Å². The Morgan fingerprint density at radius 1 is 1.47 bits per heavy atom. The summed E-state index contributed by atoms with van der Waals surface area (Å²) < 4.78 is 1.73. The van der Waals surface area contributed by atoms with Crippen LogP contribution in [0.3, 0.4) is 0 Å². The fourth-order valence-electron chi connectivity index (χ4n) is 2.48. The highest BCUT2D eigenvalue weighted by Crippen LogP contribution is 2.33. The van der Waals surface area contributed by atoms with Crippen LogP contribution in [-0.2, 0) is 13.5 Å². The first-order valence-corrected chi connectivity index (χ1v) is 5.86. The summed E-state index contributed by atoms with van der Waals surface area (Å²) in [5.41, 5.74) is 8.44. The summed E-state index contributed by atoms with van der Waals surface area (Å²) in [4.78, 5) is 0. The third kappa shape index (κ3) is 2.04. The summed E-state index contributed by atoms with van der Waals surface area (Å²) in [7, 11) is 1.87. The molecule has 1 fully saturated rings. The van der Waals surface area contributed by atoms with Gasteiger partial charge in [-0.05, 0) is 26.2 Å². The molecule has 0 unspecified atom stereocenters. The normalized spacial score (nSPS) is 19.7. The van der Waals surface area contributed by atoms with E-state index < -0.39 is 0 Å². The molecule has 1 aliphatic rings. The lowest BCUT2D eigenvalue weighted by Gasteiger charge is -2.23. The minimum absolute atomic E-state index is 0.0442. The van der Waals surface area contributed by atoms with Crippen molar-refractivity contribution < 1.29 is 0 Å². The van der Waals surface area contributed by atoms with Crippen molar-refractivity contribution in [1.29, 1.82) is 0 Å². The predicted octanol–water partition coefficient (Wildman–Crippen LogP) is 2.20. The number of aromatic nitrogens is 2. The van der Waals surface area contributed by atoms with Crippen molar-refractivity contribution >= 4 is 11.6 Å².